The van der Waals surface area contributed by atoms with Gasteiger partial charge in [0.05, 0.1) is 5.52 Å². The molecule has 0 aliphatic rings. The van der Waals surface area contributed by atoms with E-state index < -0.39 is 0 Å². The molecular weight excluding hydrogens is 230 g/mol. The lowest BCUT2D eigenvalue weighted by atomic mass is 10.2. The predicted molar refractivity (Wildman–Crippen MR) is 55.2 cm³/mol. The summed E-state index contributed by atoms with van der Waals surface area (Å²) >= 11 is 3.38. The van der Waals surface area contributed by atoms with Gasteiger partial charge in [0.25, 0.3) is 0 Å². The summed E-state index contributed by atoms with van der Waals surface area (Å²) in [5.74, 6) is 0. The number of rotatable bonds is 1. The van der Waals surface area contributed by atoms with Gasteiger partial charge in [-0.1, -0.05) is 15.9 Å². The Balaban J connectivity index is 2.88. The third-order valence-corrected chi connectivity index (χ3v) is 2.59. The first-order chi connectivity index (χ1) is 6.22. The van der Waals surface area contributed by atoms with Gasteiger partial charge in [-0.2, -0.15) is 0 Å². The van der Waals surface area contributed by atoms with Crippen LogP contribution in [0.2, 0.25) is 0 Å². The average Bonchev–Trinajstić information content (AvgIpc) is 2.40. The highest BCUT2D eigenvalue weighted by atomic mass is 79.9. The SMILES string of the molecule is Cc1cn2ccc(Br)cc2c1C=O. The Morgan fingerprint density at radius 1 is 1.54 bits per heavy atom. The molecule has 0 aliphatic carbocycles. The smallest absolute Gasteiger partial charge is 0.152 e. The highest BCUT2D eigenvalue weighted by Crippen LogP contribution is 2.19. The predicted octanol–water partition coefficient (Wildman–Crippen LogP) is 2.82. The minimum absolute atomic E-state index is 0.765. The molecule has 0 atom stereocenters. The van der Waals surface area contributed by atoms with E-state index in [-0.39, 0.29) is 0 Å². The molecule has 0 amide bonds. The third kappa shape index (κ3) is 1.29. The molecule has 2 heterocycles. The van der Waals surface area contributed by atoms with Gasteiger partial charge < -0.3 is 4.40 Å². The Morgan fingerprint density at radius 3 is 3.00 bits per heavy atom. The molecule has 0 spiro atoms. The molecule has 13 heavy (non-hydrogen) atoms. The van der Waals surface area contributed by atoms with Gasteiger partial charge in [-0.25, -0.2) is 0 Å². The number of halogens is 1. The average molecular weight is 238 g/mol. The molecule has 0 unspecified atom stereocenters. The zero-order valence-electron chi connectivity index (χ0n) is 7.12. The summed E-state index contributed by atoms with van der Waals surface area (Å²) in [5, 5.41) is 0. The number of hydrogen-bond acceptors (Lipinski definition) is 1. The molecule has 66 valence electrons. The fraction of sp³-hybridized carbons (Fsp3) is 0.100. The first kappa shape index (κ1) is 8.51. The van der Waals surface area contributed by atoms with Crippen molar-refractivity contribution in [1.29, 1.82) is 0 Å². The third-order valence-electron chi connectivity index (χ3n) is 2.10. The van der Waals surface area contributed by atoms with Crippen LogP contribution in [-0.4, -0.2) is 10.7 Å². The van der Waals surface area contributed by atoms with Crippen molar-refractivity contribution in [3.05, 3.63) is 40.1 Å². The second-order valence-electron chi connectivity index (χ2n) is 2.98. The van der Waals surface area contributed by atoms with Crippen molar-refractivity contribution in [1.82, 2.24) is 4.40 Å². The fourth-order valence-corrected chi connectivity index (χ4v) is 1.78. The lowest BCUT2D eigenvalue weighted by molar-refractivity contribution is 0.112. The number of carbonyl (C=O) groups excluding carboxylic acids is 1. The van der Waals surface area contributed by atoms with E-state index in [1.807, 2.05) is 35.9 Å². The summed E-state index contributed by atoms with van der Waals surface area (Å²) in [4.78, 5) is 10.8. The molecule has 2 aromatic heterocycles. The second kappa shape index (κ2) is 3.00. The Bertz CT molecular complexity index is 473. The normalized spacial score (nSPS) is 10.6. The van der Waals surface area contributed by atoms with E-state index in [2.05, 4.69) is 15.9 Å². The van der Waals surface area contributed by atoms with Crippen LogP contribution < -0.4 is 0 Å². The summed E-state index contributed by atoms with van der Waals surface area (Å²) in [6.45, 7) is 1.94. The maximum absolute atomic E-state index is 10.8. The van der Waals surface area contributed by atoms with Crippen molar-refractivity contribution >= 4 is 27.7 Å². The van der Waals surface area contributed by atoms with Crippen molar-refractivity contribution in [3.63, 3.8) is 0 Å². The van der Waals surface area contributed by atoms with Crippen LogP contribution in [0.3, 0.4) is 0 Å². The van der Waals surface area contributed by atoms with Gasteiger partial charge in [-0.3, -0.25) is 4.79 Å². The summed E-state index contributed by atoms with van der Waals surface area (Å²) in [6, 6.07) is 3.89. The molecule has 0 bridgehead atoms. The van der Waals surface area contributed by atoms with Gasteiger partial charge in [0.15, 0.2) is 6.29 Å². The van der Waals surface area contributed by atoms with Crippen LogP contribution in [0.25, 0.3) is 5.52 Å². The van der Waals surface area contributed by atoms with Gasteiger partial charge in [0, 0.05) is 22.4 Å². The van der Waals surface area contributed by atoms with Gasteiger partial charge in [0.2, 0.25) is 0 Å². The largest absolute Gasteiger partial charge is 0.323 e. The van der Waals surface area contributed by atoms with E-state index >= 15 is 0 Å². The Hall–Kier alpha value is -1.09. The molecule has 0 saturated heterocycles. The van der Waals surface area contributed by atoms with E-state index in [0.29, 0.717) is 0 Å². The number of fused-ring (bicyclic) bond motifs is 1. The zero-order valence-corrected chi connectivity index (χ0v) is 8.71. The quantitative estimate of drug-likeness (QED) is 0.700. The Kier molecular flexibility index (Phi) is 1.96. The number of aldehydes is 1. The minimum atomic E-state index is 0.765. The molecule has 0 saturated carbocycles. The molecule has 2 rings (SSSR count). The monoisotopic (exact) mass is 237 g/mol. The highest BCUT2D eigenvalue weighted by Gasteiger charge is 2.05. The van der Waals surface area contributed by atoms with Crippen LogP contribution in [0.5, 0.6) is 0 Å². The summed E-state index contributed by atoms with van der Waals surface area (Å²) in [5.41, 5.74) is 2.72. The van der Waals surface area contributed by atoms with E-state index in [9.17, 15) is 4.79 Å². The van der Waals surface area contributed by atoms with E-state index in [1.54, 1.807) is 0 Å². The summed E-state index contributed by atoms with van der Waals surface area (Å²) in [6.07, 6.45) is 4.78. The molecule has 2 nitrogen and oxygen atoms in total. The molecular formula is C10H8BrNO. The minimum Gasteiger partial charge on any atom is -0.323 e. The zero-order chi connectivity index (χ0) is 9.42. The molecule has 0 fully saturated rings. The van der Waals surface area contributed by atoms with E-state index in [0.717, 1.165) is 27.4 Å². The second-order valence-corrected chi connectivity index (χ2v) is 3.90. The first-order valence-electron chi connectivity index (χ1n) is 3.94. The van der Waals surface area contributed by atoms with Gasteiger partial charge >= 0.3 is 0 Å². The fourth-order valence-electron chi connectivity index (χ4n) is 1.45. The number of pyridine rings is 1. The maximum atomic E-state index is 10.8. The highest BCUT2D eigenvalue weighted by molar-refractivity contribution is 9.10. The molecule has 0 aliphatic heterocycles. The molecule has 2 aromatic rings. The number of aromatic nitrogens is 1. The van der Waals surface area contributed by atoms with Crippen LogP contribution in [0.15, 0.2) is 29.0 Å². The van der Waals surface area contributed by atoms with Gasteiger partial charge in [-0.05, 0) is 24.6 Å². The van der Waals surface area contributed by atoms with Crippen molar-refractivity contribution in [2.75, 3.05) is 0 Å². The van der Waals surface area contributed by atoms with Crippen molar-refractivity contribution in [3.8, 4) is 0 Å². The first-order valence-corrected chi connectivity index (χ1v) is 4.73. The molecule has 3 heteroatoms. The summed E-state index contributed by atoms with van der Waals surface area (Å²) < 4.78 is 2.94. The Morgan fingerprint density at radius 2 is 2.31 bits per heavy atom. The maximum Gasteiger partial charge on any atom is 0.152 e. The van der Waals surface area contributed by atoms with Crippen LogP contribution in [0, 0.1) is 6.92 Å². The molecule has 0 radical (unpaired) electrons. The van der Waals surface area contributed by atoms with E-state index in [1.165, 1.54) is 0 Å². The van der Waals surface area contributed by atoms with Crippen molar-refractivity contribution in [2.24, 2.45) is 0 Å². The van der Waals surface area contributed by atoms with E-state index in [4.69, 9.17) is 0 Å². The van der Waals surface area contributed by atoms with Gasteiger partial charge in [0.1, 0.15) is 0 Å². The number of carbonyl (C=O) groups is 1. The van der Waals surface area contributed by atoms with Crippen LogP contribution in [-0.2, 0) is 0 Å². The van der Waals surface area contributed by atoms with Crippen LogP contribution >= 0.6 is 15.9 Å². The summed E-state index contributed by atoms with van der Waals surface area (Å²) in [7, 11) is 0. The van der Waals surface area contributed by atoms with Crippen molar-refractivity contribution in [2.45, 2.75) is 6.92 Å². The van der Waals surface area contributed by atoms with Gasteiger partial charge in [-0.15, -0.1) is 0 Å². The molecule has 0 aromatic carbocycles. The Labute approximate surface area is 84.3 Å². The lowest BCUT2D eigenvalue weighted by Gasteiger charge is -1.95. The molecule has 0 N–H and O–H groups in total. The standard InChI is InChI=1S/C10H8BrNO/c1-7-5-12-3-2-8(11)4-10(12)9(7)6-13/h2-6H,1H3. The number of nitrogens with zero attached hydrogens (tertiary/aromatic N) is 1. The number of aryl methyl sites for hydroxylation is 1. The van der Waals surface area contributed by atoms with Crippen molar-refractivity contribution < 1.29 is 4.79 Å². The number of hydrogen-bond donors (Lipinski definition) is 0. The lowest BCUT2D eigenvalue weighted by Crippen LogP contribution is -1.83. The topological polar surface area (TPSA) is 21.5 Å². The van der Waals surface area contributed by atoms with Crippen LogP contribution in [0.1, 0.15) is 15.9 Å². The van der Waals surface area contributed by atoms with Crippen LogP contribution in [0.4, 0.5) is 0 Å².